The molecule has 72 valence electrons. The Labute approximate surface area is 82.9 Å². The second kappa shape index (κ2) is 3.27. The van der Waals surface area contributed by atoms with E-state index in [2.05, 4.69) is 36.4 Å². The van der Waals surface area contributed by atoms with Crippen molar-refractivity contribution in [1.82, 2.24) is 4.98 Å². The topological polar surface area (TPSA) is 50.9 Å². The molecule has 0 saturated carbocycles. The zero-order valence-corrected chi connectivity index (χ0v) is 8.33. The molecule has 3 nitrogen and oxygen atoms in total. The molecule has 0 aliphatic heterocycles. The van der Waals surface area contributed by atoms with Crippen LogP contribution in [0, 0.1) is 13.8 Å². The molecule has 1 aromatic heterocycles. The third-order valence-corrected chi connectivity index (χ3v) is 2.42. The molecule has 3 heteroatoms. The van der Waals surface area contributed by atoms with Gasteiger partial charge in [-0.15, -0.1) is 0 Å². The minimum atomic E-state index is 0.700. The van der Waals surface area contributed by atoms with Crippen molar-refractivity contribution in [2.75, 3.05) is 5.43 Å². The van der Waals surface area contributed by atoms with E-state index in [4.69, 9.17) is 5.84 Å². The highest BCUT2D eigenvalue weighted by Gasteiger charge is 2.02. The van der Waals surface area contributed by atoms with Crippen molar-refractivity contribution in [3.05, 3.63) is 35.4 Å². The summed E-state index contributed by atoms with van der Waals surface area (Å²) in [7, 11) is 0. The highest BCUT2D eigenvalue weighted by Crippen LogP contribution is 2.21. The number of anilines is 1. The molecule has 14 heavy (non-hydrogen) atoms. The summed E-state index contributed by atoms with van der Waals surface area (Å²) in [4.78, 5) is 4.42. The number of fused-ring (bicyclic) bond motifs is 1. The number of nitrogens with two attached hydrogens (primary N) is 1. The first kappa shape index (κ1) is 8.97. The van der Waals surface area contributed by atoms with Gasteiger partial charge in [-0.25, -0.2) is 10.8 Å². The number of nitrogens with one attached hydrogen (secondary N) is 1. The SMILES string of the molecule is Cc1ccc(C)c2nc(NN)ccc12. The number of nitrogens with zero attached hydrogens (tertiary/aromatic N) is 1. The normalized spacial score (nSPS) is 10.5. The Kier molecular flexibility index (Phi) is 2.09. The van der Waals surface area contributed by atoms with Crippen LogP contribution in [0.25, 0.3) is 10.9 Å². The van der Waals surface area contributed by atoms with Crippen molar-refractivity contribution in [1.29, 1.82) is 0 Å². The van der Waals surface area contributed by atoms with Crippen molar-refractivity contribution >= 4 is 16.7 Å². The van der Waals surface area contributed by atoms with Gasteiger partial charge in [-0.1, -0.05) is 12.1 Å². The van der Waals surface area contributed by atoms with E-state index in [9.17, 15) is 0 Å². The second-order valence-corrected chi connectivity index (χ2v) is 3.44. The summed E-state index contributed by atoms with van der Waals surface area (Å²) in [6.45, 7) is 4.13. The number of aromatic nitrogens is 1. The smallest absolute Gasteiger partial charge is 0.140 e. The number of aryl methyl sites for hydroxylation is 2. The quantitative estimate of drug-likeness (QED) is 0.531. The average Bonchev–Trinajstić information content (AvgIpc) is 2.23. The maximum Gasteiger partial charge on any atom is 0.140 e. The van der Waals surface area contributed by atoms with Crippen molar-refractivity contribution in [3.8, 4) is 0 Å². The largest absolute Gasteiger partial charge is 0.308 e. The first-order chi connectivity index (χ1) is 6.72. The molecule has 2 aromatic rings. The number of rotatable bonds is 1. The van der Waals surface area contributed by atoms with Crippen LogP contribution >= 0.6 is 0 Å². The Bertz CT molecular complexity index is 477. The van der Waals surface area contributed by atoms with Gasteiger partial charge in [-0.05, 0) is 37.1 Å². The van der Waals surface area contributed by atoms with Crippen molar-refractivity contribution in [2.45, 2.75) is 13.8 Å². The first-order valence-corrected chi connectivity index (χ1v) is 4.56. The lowest BCUT2D eigenvalue weighted by atomic mass is 10.1. The van der Waals surface area contributed by atoms with Gasteiger partial charge in [-0.3, -0.25) is 0 Å². The van der Waals surface area contributed by atoms with Gasteiger partial charge in [0.25, 0.3) is 0 Å². The van der Waals surface area contributed by atoms with Gasteiger partial charge in [0.05, 0.1) is 5.52 Å². The summed E-state index contributed by atoms with van der Waals surface area (Å²) < 4.78 is 0. The standard InChI is InChI=1S/C11H13N3/c1-7-3-4-8(2)11-9(7)5-6-10(13-11)14-12/h3-6H,12H2,1-2H3,(H,13,14). The van der Waals surface area contributed by atoms with Crippen molar-refractivity contribution < 1.29 is 0 Å². The van der Waals surface area contributed by atoms with Gasteiger partial charge < -0.3 is 5.43 Å². The fourth-order valence-electron chi connectivity index (χ4n) is 1.58. The summed E-state index contributed by atoms with van der Waals surface area (Å²) in [5.41, 5.74) is 5.98. The van der Waals surface area contributed by atoms with Crippen LogP contribution < -0.4 is 11.3 Å². The highest BCUT2D eigenvalue weighted by atomic mass is 15.2. The number of nitrogen functional groups attached to an aromatic ring is 1. The molecule has 1 aromatic carbocycles. The van der Waals surface area contributed by atoms with Crippen LogP contribution in [-0.2, 0) is 0 Å². The van der Waals surface area contributed by atoms with E-state index in [0.717, 1.165) is 5.52 Å². The maximum absolute atomic E-state index is 5.32. The molecule has 0 aliphatic rings. The van der Waals surface area contributed by atoms with Crippen LogP contribution in [0.3, 0.4) is 0 Å². The molecule has 0 spiro atoms. The molecule has 0 bridgehead atoms. The summed E-state index contributed by atoms with van der Waals surface area (Å²) in [6, 6.07) is 8.11. The van der Waals surface area contributed by atoms with E-state index >= 15 is 0 Å². The fourth-order valence-corrected chi connectivity index (χ4v) is 1.58. The number of hydrazine groups is 1. The summed E-state index contributed by atoms with van der Waals surface area (Å²) in [5.74, 6) is 6.02. The summed E-state index contributed by atoms with van der Waals surface area (Å²) >= 11 is 0. The molecule has 0 aliphatic carbocycles. The zero-order chi connectivity index (χ0) is 10.1. The lowest BCUT2D eigenvalue weighted by Gasteiger charge is -2.06. The average molecular weight is 187 g/mol. The Morgan fingerprint density at radius 3 is 2.50 bits per heavy atom. The van der Waals surface area contributed by atoms with Gasteiger partial charge in [0, 0.05) is 5.39 Å². The zero-order valence-electron chi connectivity index (χ0n) is 8.33. The number of hydrogen-bond donors (Lipinski definition) is 2. The third kappa shape index (κ3) is 1.32. The van der Waals surface area contributed by atoms with Gasteiger partial charge in [-0.2, -0.15) is 0 Å². The van der Waals surface area contributed by atoms with Crippen molar-refractivity contribution in [3.63, 3.8) is 0 Å². The van der Waals surface area contributed by atoms with Crippen LogP contribution in [0.4, 0.5) is 5.82 Å². The van der Waals surface area contributed by atoms with Crippen molar-refractivity contribution in [2.24, 2.45) is 5.84 Å². The molecule has 3 N–H and O–H groups in total. The lowest BCUT2D eigenvalue weighted by Crippen LogP contribution is -2.08. The van der Waals surface area contributed by atoms with Gasteiger partial charge in [0.15, 0.2) is 0 Å². The molecular formula is C11H13N3. The molecular weight excluding hydrogens is 174 g/mol. The summed E-state index contributed by atoms with van der Waals surface area (Å²) in [5, 5.41) is 1.18. The maximum atomic E-state index is 5.32. The van der Waals surface area contributed by atoms with E-state index < -0.39 is 0 Å². The molecule has 0 fully saturated rings. The minimum absolute atomic E-state index is 0.700. The molecule has 0 atom stereocenters. The summed E-state index contributed by atoms with van der Waals surface area (Å²) in [6.07, 6.45) is 0. The van der Waals surface area contributed by atoms with Gasteiger partial charge >= 0.3 is 0 Å². The molecule has 1 heterocycles. The number of benzene rings is 1. The predicted octanol–water partition coefficient (Wildman–Crippen LogP) is 2.14. The van der Waals surface area contributed by atoms with E-state index in [-0.39, 0.29) is 0 Å². The number of pyridine rings is 1. The lowest BCUT2D eigenvalue weighted by molar-refractivity contribution is 1.25. The Hall–Kier alpha value is -1.61. The van der Waals surface area contributed by atoms with Crippen LogP contribution in [0.5, 0.6) is 0 Å². The van der Waals surface area contributed by atoms with Crippen LogP contribution in [0.15, 0.2) is 24.3 Å². The fraction of sp³-hybridized carbons (Fsp3) is 0.182. The number of hydrogen-bond acceptors (Lipinski definition) is 3. The van der Waals surface area contributed by atoms with Crippen LogP contribution in [-0.4, -0.2) is 4.98 Å². The Balaban J connectivity index is 2.80. The highest BCUT2D eigenvalue weighted by molar-refractivity contribution is 5.86. The van der Waals surface area contributed by atoms with E-state index in [0.29, 0.717) is 5.82 Å². The molecule has 2 rings (SSSR count). The third-order valence-electron chi connectivity index (χ3n) is 2.42. The van der Waals surface area contributed by atoms with E-state index in [1.165, 1.54) is 16.5 Å². The molecule has 0 amide bonds. The molecule has 0 saturated heterocycles. The van der Waals surface area contributed by atoms with Gasteiger partial charge in [0.2, 0.25) is 0 Å². The Morgan fingerprint density at radius 1 is 1.07 bits per heavy atom. The minimum Gasteiger partial charge on any atom is -0.308 e. The monoisotopic (exact) mass is 187 g/mol. The molecule has 0 radical (unpaired) electrons. The van der Waals surface area contributed by atoms with Crippen LogP contribution in [0.1, 0.15) is 11.1 Å². The van der Waals surface area contributed by atoms with Gasteiger partial charge in [0.1, 0.15) is 5.82 Å². The van der Waals surface area contributed by atoms with Crippen LogP contribution in [0.2, 0.25) is 0 Å². The molecule has 0 unspecified atom stereocenters. The predicted molar refractivity (Wildman–Crippen MR) is 59.0 cm³/mol. The Morgan fingerprint density at radius 2 is 1.79 bits per heavy atom. The first-order valence-electron chi connectivity index (χ1n) is 4.56. The van der Waals surface area contributed by atoms with E-state index in [1.807, 2.05) is 12.1 Å². The van der Waals surface area contributed by atoms with E-state index in [1.54, 1.807) is 0 Å². The second-order valence-electron chi connectivity index (χ2n) is 3.44.